The molecule has 0 bridgehead atoms. The molecule has 3 aromatic carbocycles. The number of hydrogen-bond donors (Lipinski definition) is 1. The average Bonchev–Trinajstić information content (AvgIpc) is 2.96. The van der Waals surface area contributed by atoms with Gasteiger partial charge in [0.15, 0.2) is 0 Å². The number of benzene rings is 3. The Kier molecular flexibility index (Phi) is 10.3. The number of carbonyl (C=O) groups excluding carboxylic acids is 2. The molecule has 38 heavy (non-hydrogen) atoms. The molecule has 5 heteroatoms. The summed E-state index contributed by atoms with van der Waals surface area (Å²) in [6.45, 7) is 0.794. The van der Waals surface area contributed by atoms with Crippen molar-refractivity contribution in [3.8, 4) is 0 Å². The maximum atomic E-state index is 13.7. The fourth-order valence-electron chi connectivity index (χ4n) is 4.98. The van der Waals surface area contributed by atoms with Crippen LogP contribution in [0.15, 0.2) is 96.6 Å². The van der Waals surface area contributed by atoms with Crippen LogP contribution in [0, 0.1) is 5.82 Å². The highest BCUT2D eigenvalue weighted by Crippen LogP contribution is 2.20. The smallest absolute Gasteiger partial charge is 0.243 e. The number of nitrogens with one attached hydrogen (secondary N) is 1. The second-order valence-corrected chi connectivity index (χ2v) is 9.99. The first-order valence-corrected chi connectivity index (χ1v) is 13.7. The molecular weight excluding hydrogens is 475 g/mol. The first-order chi connectivity index (χ1) is 18.6. The van der Waals surface area contributed by atoms with Crippen LogP contribution >= 0.6 is 0 Å². The average molecular weight is 513 g/mol. The van der Waals surface area contributed by atoms with Crippen molar-refractivity contribution in [1.29, 1.82) is 0 Å². The molecule has 0 heterocycles. The number of halogens is 1. The molecule has 4 rings (SSSR count). The molecule has 0 saturated heterocycles. The lowest BCUT2D eigenvalue weighted by molar-refractivity contribution is -0.141. The number of hydrogen-bond acceptors (Lipinski definition) is 2. The molecule has 198 valence electrons. The molecule has 1 aliphatic rings. The van der Waals surface area contributed by atoms with Gasteiger partial charge in [-0.15, -0.1) is 0 Å². The summed E-state index contributed by atoms with van der Waals surface area (Å²) < 4.78 is 13.6. The van der Waals surface area contributed by atoms with Gasteiger partial charge >= 0.3 is 0 Å². The van der Waals surface area contributed by atoms with Crippen molar-refractivity contribution in [3.05, 3.63) is 119 Å². The van der Waals surface area contributed by atoms with Crippen molar-refractivity contribution in [1.82, 2.24) is 10.2 Å². The molecule has 1 N–H and O–H groups in total. The van der Waals surface area contributed by atoms with Gasteiger partial charge in [-0.25, -0.2) is 4.39 Å². The first-order valence-electron chi connectivity index (χ1n) is 13.7. The molecule has 1 aliphatic carbocycles. The van der Waals surface area contributed by atoms with Crippen LogP contribution in [0.5, 0.6) is 0 Å². The predicted octanol–water partition coefficient (Wildman–Crippen LogP) is 6.41. The molecule has 4 nitrogen and oxygen atoms in total. The lowest BCUT2D eigenvalue weighted by Crippen LogP contribution is -2.50. The molecule has 0 radical (unpaired) electrons. The summed E-state index contributed by atoms with van der Waals surface area (Å²) in [5.74, 6) is -0.573. The van der Waals surface area contributed by atoms with E-state index in [9.17, 15) is 14.0 Å². The van der Waals surface area contributed by atoms with Gasteiger partial charge in [-0.3, -0.25) is 9.59 Å². The van der Waals surface area contributed by atoms with E-state index in [0.29, 0.717) is 19.4 Å². The second-order valence-electron chi connectivity index (χ2n) is 9.99. The van der Waals surface area contributed by atoms with Crippen LogP contribution in [-0.4, -0.2) is 29.3 Å². The van der Waals surface area contributed by atoms with E-state index in [1.54, 1.807) is 17.0 Å². The maximum absolute atomic E-state index is 13.7. The largest absolute Gasteiger partial charge is 0.354 e. The highest BCUT2D eigenvalue weighted by atomic mass is 19.1. The summed E-state index contributed by atoms with van der Waals surface area (Å²) in [5, 5.41) is 3.12. The van der Waals surface area contributed by atoms with Crippen molar-refractivity contribution >= 4 is 11.8 Å². The SMILES string of the molecule is O=C(NCCC1=CCCCC1)C(Cc1ccccc1)N(Cc1ccc(F)cc1)C(=O)CCc1ccccc1. The quantitative estimate of drug-likeness (QED) is 0.285. The highest BCUT2D eigenvalue weighted by molar-refractivity contribution is 5.88. The van der Waals surface area contributed by atoms with Crippen molar-refractivity contribution in [2.24, 2.45) is 0 Å². The fourth-order valence-corrected chi connectivity index (χ4v) is 4.98. The van der Waals surface area contributed by atoms with E-state index in [1.165, 1.54) is 30.5 Å². The van der Waals surface area contributed by atoms with Gasteiger partial charge in [0.05, 0.1) is 0 Å². The first kappa shape index (κ1) is 27.3. The van der Waals surface area contributed by atoms with Gasteiger partial charge in [0.25, 0.3) is 0 Å². The predicted molar refractivity (Wildman–Crippen MR) is 150 cm³/mol. The number of carbonyl (C=O) groups is 2. The van der Waals surface area contributed by atoms with Crippen LogP contribution in [0.3, 0.4) is 0 Å². The van der Waals surface area contributed by atoms with Crippen LogP contribution in [0.1, 0.15) is 55.2 Å². The van der Waals surface area contributed by atoms with Gasteiger partial charge in [0.1, 0.15) is 11.9 Å². The van der Waals surface area contributed by atoms with Crippen LogP contribution in [0.4, 0.5) is 4.39 Å². The van der Waals surface area contributed by atoms with Crippen molar-refractivity contribution in [2.45, 2.75) is 64.0 Å². The third kappa shape index (κ3) is 8.41. The van der Waals surface area contributed by atoms with E-state index >= 15 is 0 Å². The summed E-state index contributed by atoms with van der Waals surface area (Å²) in [6.07, 6.45) is 9.07. The molecule has 3 aromatic rings. The minimum atomic E-state index is -0.675. The van der Waals surface area contributed by atoms with Gasteiger partial charge in [-0.05, 0) is 67.3 Å². The van der Waals surface area contributed by atoms with Gasteiger partial charge < -0.3 is 10.2 Å². The standard InChI is InChI=1S/C33H37FN2O2/c34-30-19-16-29(17-20-30)25-36(32(37)21-18-26-10-4-1-5-11-26)31(24-28-14-8-3-9-15-28)33(38)35-23-22-27-12-6-2-7-13-27/h1,3-5,8-12,14-17,19-20,31H,2,6-7,13,18,21-25H2,(H,35,38). The molecule has 0 fully saturated rings. The Morgan fingerprint density at radius 2 is 1.50 bits per heavy atom. The zero-order valence-corrected chi connectivity index (χ0v) is 22.0. The van der Waals surface area contributed by atoms with Crippen LogP contribution in [-0.2, 0) is 29.0 Å². The third-order valence-corrected chi connectivity index (χ3v) is 7.14. The fraction of sp³-hybridized carbons (Fsp3) is 0.333. The molecule has 1 unspecified atom stereocenters. The van der Waals surface area contributed by atoms with Gasteiger partial charge in [0, 0.05) is 25.9 Å². The topological polar surface area (TPSA) is 49.4 Å². The van der Waals surface area contributed by atoms with E-state index in [-0.39, 0.29) is 30.6 Å². The van der Waals surface area contributed by atoms with Gasteiger partial charge in [-0.2, -0.15) is 0 Å². The van der Waals surface area contributed by atoms with E-state index in [1.807, 2.05) is 60.7 Å². The third-order valence-electron chi connectivity index (χ3n) is 7.14. The van der Waals surface area contributed by atoms with Crippen molar-refractivity contribution in [3.63, 3.8) is 0 Å². The Hall–Kier alpha value is -3.73. The molecule has 0 saturated carbocycles. The monoisotopic (exact) mass is 512 g/mol. The number of rotatable bonds is 12. The van der Waals surface area contributed by atoms with Crippen LogP contribution in [0.25, 0.3) is 0 Å². The lowest BCUT2D eigenvalue weighted by atomic mass is 9.97. The Balaban J connectivity index is 1.55. The summed E-state index contributed by atoms with van der Waals surface area (Å²) in [5.41, 5.74) is 4.26. The molecule has 0 aliphatic heterocycles. The van der Waals surface area contributed by atoms with E-state index < -0.39 is 6.04 Å². The summed E-state index contributed by atoms with van der Waals surface area (Å²) in [4.78, 5) is 29.1. The van der Waals surface area contributed by atoms with E-state index in [2.05, 4.69) is 11.4 Å². The zero-order valence-electron chi connectivity index (χ0n) is 22.0. The van der Waals surface area contributed by atoms with Gasteiger partial charge in [0.2, 0.25) is 11.8 Å². The van der Waals surface area contributed by atoms with E-state index in [4.69, 9.17) is 0 Å². The normalized spacial score (nSPS) is 13.9. The Bertz CT molecular complexity index is 1190. The minimum absolute atomic E-state index is 0.0933. The molecule has 0 aromatic heterocycles. The Morgan fingerprint density at radius 1 is 0.816 bits per heavy atom. The highest BCUT2D eigenvalue weighted by Gasteiger charge is 2.30. The van der Waals surface area contributed by atoms with Crippen molar-refractivity contribution in [2.75, 3.05) is 6.54 Å². The summed E-state index contributed by atoms with van der Waals surface area (Å²) in [6, 6.07) is 25.2. The molecular formula is C33H37FN2O2. The van der Waals surface area contributed by atoms with Crippen LogP contribution in [0.2, 0.25) is 0 Å². The summed E-state index contributed by atoms with van der Waals surface area (Å²) >= 11 is 0. The Labute approximate surface area is 225 Å². The maximum Gasteiger partial charge on any atom is 0.243 e. The van der Waals surface area contributed by atoms with Gasteiger partial charge in [-0.1, -0.05) is 84.4 Å². The Morgan fingerprint density at radius 3 is 2.16 bits per heavy atom. The van der Waals surface area contributed by atoms with Crippen molar-refractivity contribution < 1.29 is 14.0 Å². The summed E-state index contributed by atoms with van der Waals surface area (Å²) in [7, 11) is 0. The number of nitrogens with zero attached hydrogens (tertiary/aromatic N) is 1. The minimum Gasteiger partial charge on any atom is -0.354 e. The zero-order chi connectivity index (χ0) is 26.6. The number of amides is 2. The lowest BCUT2D eigenvalue weighted by Gasteiger charge is -2.32. The molecule has 0 spiro atoms. The van der Waals surface area contributed by atoms with E-state index in [0.717, 1.165) is 36.0 Å². The number of aryl methyl sites for hydroxylation is 1. The number of allylic oxidation sites excluding steroid dienone is 1. The molecule has 1 atom stereocenters. The second kappa shape index (κ2) is 14.3. The van der Waals surface area contributed by atoms with Crippen LogP contribution < -0.4 is 5.32 Å². The molecule has 2 amide bonds.